The minimum atomic E-state index is -0.604. The fourth-order valence-electron chi connectivity index (χ4n) is 1.67. The van der Waals surface area contributed by atoms with Crippen LogP contribution < -0.4 is 4.74 Å². The van der Waals surface area contributed by atoms with Gasteiger partial charge in [-0.1, -0.05) is 18.2 Å². The number of hydrogen-bond donors (Lipinski definition) is 0. The van der Waals surface area contributed by atoms with Crippen molar-refractivity contribution in [3.63, 3.8) is 0 Å². The molecule has 0 heterocycles. The van der Waals surface area contributed by atoms with E-state index in [-0.39, 0.29) is 17.0 Å². The summed E-state index contributed by atoms with van der Waals surface area (Å²) in [5, 5.41) is 10.9. The van der Waals surface area contributed by atoms with Crippen LogP contribution in [0, 0.1) is 15.9 Å². The lowest BCUT2D eigenvalue weighted by molar-refractivity contribution is -0.385. The van der Waals surface area contributed by atoms with Gasteiger partial charge in [0, 0.05) is 11.6 Å². The van der Waals surface area contributed by atoms with Crippen molar-refractivity contribution in [2.75, 3.05) is 6.61 Å². The summed E-state index contributed by atoms with van der Waals surface area (Å²) in [4.78, 5) is 22.2. The van der Waals surface area contributed by atoms with Gasteiger partial charge in [-0.3, -0.25) is 14.9 Å². The summed E-state index contributed by atoms with van der Waals surface area (Å²) in [6, 6.07) is 9.48. The molecule has 5 nitrogen and oxygen atoms in total. The first kappa shape index (κ1) is 15.1. The maximum atomic E-state index is 13.0. The number of carbonyl (C=O) groups excluding carboxylic acids is 1. The van der Waals surface area contributed by atoms with Crippen molar-refractivity contribution in [2.45, 2.75) is 0 Å². The van der Waals surface area contributed by atoms with Gasteiger partial charge in [0.1, 0.15) is 5.82 Å². The molecule has 0 aromatic heterocycles. The number of Topliss-reactive ketones (excluding diaryl/α,β-unsaturated/α-hetero) is 1. The summed E-state index contributed by atoms with van der Waals surface area (Å²) < 4.78 is 18.6. The van der Waals surface area contributed by atoms with Gasteiger partial charge in [0.25, 0.3) is 0 Å². The average Bonchev–Trinajstić information content (AvgIpc) is 2.45. The van der Waals surface area contributed by atoms with Gasteiger partial charge in [0.2, 0.25) is 5.75 Å². The smallest absolute Gasteiger partial charge is 0.312 e. The molecule has 0 unspecified atom stereocenters. The topological polar surface area (TPSA) is 69.4 Å². The number of hydrogen-bond acceptors (Lipinski definition) is 4. The molecule has 0 amide bonds. The number of ketones is 1. The van der Waals surface area contributed by atoms with Crippen molar-refractivity contribution in [2.24, 2.45) is 0 Å². The van der Waals surface area contributed by atoms with Crippen LogP contribution in [0.15, 0.2) is 46.9 Å². The van der Waals surface area contributed by atoms with Gasteiger partial charge < -0.3 is 4.74 Å². The number of benzene rings is 2. The summed E-state index contributed by atoms with van der Waals surface area (Å²) in [5.41, 5.74) is -0.110. The van der Waals surface area contributed by atoms with E-state index < -0.39 is 23.1 Å². The van der Waals surface area contributed by atoms with E-state index in [1.807, 2.05) is 0 Å². The number of halogens is 2. The van der Waals surface area contributed by atoms with Crippen LogP contribution in [0.25, 0.3) is 0 Å². The number of rotatable bonds is 5. The molecule has 21 heavy (non-hydrogen) atoms. The molecule has 0 radical (unpaired) electrons. The molecule has 0 bridgehead atoms. The Hall–Kier alpha value is -2.28. The van der Waals surface area contributed by atoms with Gasteiger partial charge >= 0.3 is 5.69 Å². The second-order valence-electron chi connectivity index (χ2n) is 4.07. The summed E-state index contributed by atoms with van der Waals surface area (Å²) in [6.07, 6.45) is 0. The molecule has 0 atom stereocenters. The van der Waals surface area contributed by atoms with E-state index in [0.29, 0.717) is 4.47 Å². The van der Waals surface area contributed by atoms with Gasteiger partial charge in [-0.05, 0) is 34.1 Å². The van der Waals surface area contributed by atoms with Crippen molar-refractivity contribution in [1.82, 2.24) is 0 Å². The highest BCUT2D eigenvalue weighted by atomic mass is 79.9. The third kappa shape index (κ3) is 3.63. The minimum Gasteiger partial charge on any atom is -0.478 e. The lowest BCUT2D eigenvalue weighted by Crippen LogP contribution is -2.12. The second kappa shape index (κ2) is 6.45. The molecule has 0 spiro atoms. The van der Waals surface area contributed by atoms with Crippen LogP contribution in [0.4, 0.5) is 10.1 Å². The predicted molar refractivity (Wildman–Crippen MR) is 77.0 cm³/mol. The predicted octanol–water partition coefficient (Wildman–Crippen LogP) is 3.76. The van der Waals surface area contributed by atoms with Gasteiger partial charge in [-0.2, -0.15) is 0 Å². The molecule has 2 rings (SSSR count). The first-order valence-electron chi connectivity index (χ1n) is 5.83. The zero-order valence-corrected chi connectivity index (χ0v) is 12.2. The zero-order chi connectivity index (χ0) is 15.4. The largest absolute Gasteiger partial charge is 0.478 e. The Morgan fingerprint density at radius 1 is 1.29 bits per heavy atom. The van der Waals surface area contributed by atoms with Crippen LogP contribution in [0.1, 0.15) is 10.4 Å². The maximum absolute atomic E-state index is 13.0. The molecule has 2 aromatic carbocycles. The van der Waals surface area contributed by atoms with Crippen molar-refractivity contribution >= 4 is 27.4 Å². The van der Waals surface area contributed by atoms with Gasteiger partial charge in [-0.15, -0.1) is 0 Å². The van der Waals surface area contributed by atoms with Crippen LogP contribution in [0.2, 0.25) is 0 Å². The van der Waals surface area contributed by atoms with E-state index in [2.05, 4.69) is 15.9 Å². The number of carbonyl (C=O) groups is 1. The Balaban J connectivity index is 2.17. The SMILES string of the molecule is O=C(COc1c(Br)cccc1[N+](=O)[O-])c1cccc(F)c1. The Morgan fingerprint density at radius 2 is 2.00 bits per heavy atom. The lowest BCUT2D eigenvalue weighted by Gasteiger charge is -2.08. The highest BCUT2D eigenvalue weighted by Gasteiger charge is 2.19. The first-order chi connectivity index (χ1) is 9.99. The van der Waals surface area contributed by atoms with E-state index in [4.69, 9.17) is 4.74 Å². The zero-order valence-electron chi connectivity index (χ0n) is 10.6. The van der Waals surface area contributed by atoms with Gasteiger partial charge in [-0.25, -0.2) is 4.39 Å². The summed E-state index contributed by atoms with van der Waals surface area (Å²) >= 11 is 3.13. The average molecular weight is 354 g/mol. The molecule has 0 aliphatic carbocycles. The number of ether oxygens (including phenoxy) is 1. The third-order valence-corrected chi connectivity index (χ3v) is 3.26. The Morgan fingerprint density at radius 3 is 2.67 bits per heavy atom. The fraction of sp³-hybridized carbons (Fsp3) is 0.0714. The van der Waals surface area contributed by atoms with Crippen LogP contribution in [0.3, 0.4) is 0 Å². The molecule has 0 N–H and O–H groups in total. The molecular weight excluding hydrogens is 345 g/mol. The molecule has 7 heteroatoms. The Labute approximate surface area is 127 Å². The third-order valence-electron chi connectivity index (χ3n) is 2.64. The molecule has 2 aromatic rings. The summed E-state index contributed by atoms with van der Waals surface area (Å²) in [6.45, 7) is -0.424. The van der Waals surface area contributed by atoms with Crippen molar-refractivity contribution < 1.29 is 18.8 Å². The molecule has 108 valence electrons. The van der Waals surface area contributed by atoms with E-state index in [1.54, 1.807) is 6.07 Å². The van der Waals surface area contributed by atoms with E-state index in [9.17, 15) is 19.3 Å². The molecule has 0 saturated heterocycles. The van der Waals surface area contributed by atoms with E-state index in [0.717, 1.165) is 6.07 Å². The number of para-hydroxylation sites is 1. The first-order valence-corrected chi connectivity index (χ1v) is 6.63. The molecule has 0 aliphatic rings. The summed E-state index contributed by atoms with van der Waals surface area (Å²) in [5.74, 6) is -1.04. The number of nitro groups is 1. The highest BCUT2D eigenvalue weighted by molar-refractivity contribution is 9.10. The Kier molecular flexibility index (Phi) is 4.64. The maximum Gasteiger partial charge on any atom is 0.312 e. The van der Waals surface area contributed by atoms with Crippen molar-refractivity contribution in [3.05, 3.63) is 68.4 Å². The molecular formula is C14H9BrFNO4. The van der Waals surface area contributed by atoms with Crippen LogP contribution in [-0.2, 0) is 0 Å². The lowest BCUT2D eigenvalue weighted by atomic mass is 10.1. The van der Waals surface area contributed by atoms with Crippen LogP contribution in [-0.4, -0.2) is 17.3 Å². The van der Waals surface area contributed by atoms with Crippen LogP contribution in [0.5, 0.6) is 5.75 Å². The van der Waals surface area contributed by atoms with Crippen LogP contribution >= 0.6 is 15.9 Å². The van der Waals surface area contributed by atoms with Crippen molar-refractivity contribution in [1.29, 1.82) is 0 Å². The van der Waals surface area contributed by atoms with E-state index in [1.165, 1.54) is 30.3 Å². The Bertz CT molecular complexity index is 705. The van der Waals surface area contributed by atoms with Gasteiger partial charge in [0.15, 0.2) is 12.4 Å². The standard InChI is InChI=1S/C14H9BrFNO4/c15-11-5-2-6-12(17(19)20)14(11)21-8-13(18)9-3-1-4-10(16)7-9/h1-7H,8H2. The fourth-order valence-corrected chi connectivity index (χ4v) is 2.14. The van der Waals surface area contributed by atoms with E-state index >= 15 is 0 Å². The van der Waals surface area contributed by atoms with Gasteiger partial charge in [0.05, 0.1) is 9.40 Å². The minimum absolute atomic E-state index is 0.0350. The summed E-state index contributed by atoms with van der Waals surface area (Å²) in [7, 11) is 0. The van der Waals surface area contributed by atoms with Crippen molar-refractivity contribution in [3.8, 4) is 5.75 Å². The second-order valence-corrected chi connectivity index (χ2v) is 4.92. The molecule has 0 fully saturated rings. The monoisotopic (exact) mass is 353 g/mol. The molecule has 0 saturated carbocycles. The normalized spacial score (nSPS) is 10.2. The number of nitrogens with zero attached hydrogens (tertiary/aromatic N) is 1. The molecule has 0 aliphatic heterocycles. The number of nitro benzene ring substituents is 1. The highest BCUT2D eigenvalue weighted by Crippen LogP contribution is 2.34. The quantitative estimate of drug-likeness (QED) is 0.466.